The zero-order valence-electron chi connectivity index (χ0n) is 10.0. The van der Waals surface area contributed by atoms with Gasteiger partial charge in [0.2, 0.25) is 11.8 Å². The van der Waals surface area contributed by atoms with Crippen molar-refractivity contribution in [1.82, 2.24) is 10.2 Å². The maximum absolute atomic E-state index is 11.8. The van der Waals surface area contributed by atoms with Crippen molar-refractivity contribution in [2.45, 2.75) is 12.1 Å². The van der Waals surface area contributed by atoms with E-state index in [0.717, 1.165) is 4.47 Å². The van der Waals surface area contributed by atoms with Gasteiger partial charge in [0.25, 0.3) is 5.22 Å². The van der Waals surface area contributed by atoms with Crippen molar-refractivity contribution in [2.75, 3.05) is 16.8 Å². The minimum Gasteiger partial charge on any atom is -0.416 e. The van der Waals surface area contributed by atoms with Crippen molar-refractivity contribution in [3.05, 3.63) is 28.6 Å². The first-order valence-corrected chi connectivity index (χ1v) is 7.10. The van der Waals surface area contributed by atoms with E-state index >= 15 is 0 Å². The third-order valence-electron chi connectivity index (χ3n) is 2.10. The number of aryl methyl sites for hydroxylation is 1. The summed E-state index contributed by atoms with van der Waals surface area (Å²) in [7, 11) is 0. The first-order valence-electron chi connectivity index (χ1n) is 5.32. The Morgan fingerprint density at radius 1 is 1.53 bits per heavy atom. The zero-order valence-corrected chi connectivity index (χ0v) is 12.4. The number of nitrogens with one attached hydrogen (secondary N) is 1. The predicted molar refractivity (Wildman–Crippen MR) is 76.9 cm³/mol. The van der Waals surface area contributed by atoms with Crippen LogP contribution in [0.4, 0.5) is 11.4 Å². The van der Waals surface area contributed by atoms with E-state index in [9.17, 15) is 4.79 Å². The minimum atomic E-state index is -0.161. The number of thioether (sulfide) groups is 1. The normalized spacial score (nSPS) is 10.4. The van der Waals surface area contributed by atoms with E-state index in [2.05, 4.69) is 31.4 Å². The van der Waals surface area contributed by atoms with Gasteiger partial charge in [0.15, 0.2) is 0 Å². The van der Waals surface area contributed by atoms with Crippen molar-refractivity contribution >= 4 is 45.0 Å². The molecule has 0 fully saturated rings. The highest BCUT2D eigenvalue weighted by atomic mass is 79.9. The molecule has 1 aromatic heterocycles. The maximum Gasteiger partial charge on any atom is 0.277 e. The summed E-state index contributed by atoms with van der Waals surface area (Å²) in [4.78, 5) is 11.8. The SMILES string of the molecule is Cc1nnc(SCC(=O)Nc2ccc(N)cc2Br)o1. The van der Waals surface area contributed by atoms with Crippen LogP contribution in [0.3, 0.4) is 0 Å². The second kappa shape index (κ2) is 6.07. The Bertz CT molecular complexity index is 602. The summed E-state index contributed by atoms with van der Waals surface area (Å²) in [5.41, 5.74) is 6.91. The van der Waals surface area contributed by atoms with Crippen LogP contribution < -0.4 is 11.1 Å². The molecule has 0 atom stereocenters. The van der Waals surface area contributed by atoms with Crippen LogP contribution in [-0.4, -0.2) is 21.9 Å². The number of anilines is 2. The Hall–Kier alpha value is -1.54. The van der Waals surface area contributed by atoms with Crippen LogP contribution in [0.2, 0.25) is 0 Å². The van der Waals surface area contributed by atoms with Crippen LogP contribution in [0.1, 0.15) is 5.89 Å². The van der Waals surface area contributed by atoms with Gasteiger partial charge in [0.1, 0.15) is 0 Å². The fourth-order valence-corrected chi connectivity index (χ4v) is 2.38. The van der Waals surface area contributed by atoms with Crippen molar-refractivity contribution in [3.8, 4) is 0 Å². The molecule has 2 rings (SSSR count). The van der Waals surface area contributed by atoms with Gasteiger partial charge in [-0.2, -0.15) is 0 Å². The molecule has 0 saturated carbocycles. The van der Waals surface area contributed by atoms with Crippen molar-refractivity contribution < 1.29 is 9.21 Å². The van der Waals surface area contributed by atoms with E-state index in [1.165, 1.54) is 11.8 Å². The molecule has 0 aliphatic carbocycles. The quantitative estimate of drug-likeness (QED) is 0.654. The molecule has 1 heterocycles. The van der Waals surface area contributed by atoms with E-state index in [0.29, 0.717) is 22.5 Å². The van der Waals surface area contributed by atoms with Crippen LogP contribution in [-0.2, 0) is 4.79 Å². The maximum atomic E-state index is 11.8. The average Bonchev–Trinajstić information content (AvgIpc) is 2.76. The Morgan fingerprint density at radius 3 is 2.95 bits per heavy atom. The average molecular weight is 343 g/mol. The molecular weight excluding hydrogens is 332 g/mol. The smallest absolute Gasteiger partial charge is 0.277 e. The molecule has 0 radical (unpaired) electrons. The van der Waals surface area contributed by atoms with E-state index in [4.69, 9.17) is 10.2 Å². The second-order valence-corrected chi connectivity index (χ2v) is 5.44. The number of nitrogens with two attached hydrogens (primary N) is 1. The predicted octanol–water partition coefficient (Wildman–Crippen LogP) is 2.45. The lowest BCUT2D eigenvalue weighted by molar-refractivity contribution is -0.113. The summed E-state index contributed by atoms with van der Waals surface area (Å²) >= 11 is 4.52. The largest absolute Gasteiger partial charge is 0.416 e. The fraction of sp³-hybridized carbons (Fsp3) is 0.182. The van der Waals surface area contributed by atoms with Crippen molar-refractivity contribution in [3.63, 3.8) is 0 Å². The Labute approximate surface area is 122 Å². The van der Waals surface area contributed by atoms with E-state index in [-0.39, 0.29) is 11.7 Å². The molecule has 6 nitrogen and oxygen atoms in total. The molecule has 0 aliphatic rings. The number of amides is 1. The highest BCUT2D eigenvalue weighted by Crippen LogP contribution is 2.25. The molecule has 0 spiro atoms. The molecule has 0 saturated heterocycles. The number of halogens is 1. The Morgan fingerprint density at radius 2 is 2.32 bits per heavy atom. The van der Waals surface area contributed by atoms with Gasteiger partial charge in [0.05, 0.1) is 11.4 Å². The molecule has 1 amide bonds. The first-order chi connectivity index (χ1) is 9.04. The van der Waals surface area contributed by atoms with Gasteiger partial charge in [-0.3, -0.25) is 4.79 Å². The number of carbonyl (C=O) groups is 1. The molecule has 19 heavy (non-hydrogen) atoms. The number of benzene rings is 1. The van der Waals surface area contributed by atoms with E-state index in [1.807, 2.05) is 0 Å². The lowest BCUT2D eigenvalue weighted by Gasteiger charge is -2.07. The number of nitrogen functional groups attached to an aromatic ring is 1. The van der Waals surface area contributed by atoms with Crippen LogP contribution >= 0.6 is 27.7 Å². The van der Waals surface area contributed by atoms with Crippen molar-refractivity contribution in [2.24, 2.45) is 0 Å². The van der Waals surface area contributed by atoms with Gasteiger partial charge in [-0.15, -0.1) is 10.2 Å². The lowest BCUT2D eigenvalue weighted by Crippen LogP contribution is -2.14. The van der Waals surface area contributed by atoms with Gasteiger partial charge in [0, 0.05) is 17.1 Å². The third-order valence-corrected chi connectivity index (χ3v) is 3.58. The number of rotatable bonds is 4. The summed E-state index contributed by atoms with van der Waals surface area (Å²) in [5, 5.41) is 10.6. The zero-order chi connectivity index (χ0) is 13.8. The number of nitrogens with zero attached hydrogens (tertiary/aromatic N) is 2. The van der Waals surface area contributed by atoms with Gasteiger partial charge < -0.3 is 15.5 Å². The molecule has 0 unspecified atom stereocenters. The molecule has 1 aromatic carbocycles. The Balaban J connectivity index is 1.90. The highest BCUT2D eigenvalue weighted by Gasteiger charge is 2.09. The monoisotopic (exact) mass is 342 g/mol. The van der Waals surface area contributed by atoms with Gasteiger partial charge in [-0.05, 0) is 34.1 Å². The van der Waals surface area contributed by atoms with Crippen LogP contribution in [0.15, 0.2) is 32.3 Å². The summed E-state index contributed by atoms with van der Waals surface area (Å²) in [6, 6.07) is 5.18. The van der Waals surface area contributed by atoms with Crippen molar-refractivity contribution in [1.29, 1.82) is 0 Å². The highest BCUT2D eigenvalue weighted by molar-refractivity contribution is 9.10. The lowest BCUT2D eigenvalue weighted by atomic mass is 10.3. The van der Waals surface area contributed by atoms with E-state index < -0.39 is 0 Å². The summed E-state index contributed by atoms with van der Waals surface area (Å²) in [6.07, 6.45) is 0. The fourth-order valence-electron chi connectivity index (χ4n) is 1.28. The summed E-state index contributed by atoms with van der Waals surface area (Å²) in [5.74, 6) is 0.508. The van der Waals surface area contributed by atoms with Crippen LogP contribution in [0.5, 0.6) is 0 Å². The number of aromatic nitrogens is 2. The standard InChI is InChI=1S/C11H11BrN4O2S/c1-6-15-16-11(18-6)19-5-10(17)14-9-3-2-7(13)4-8(9)12/h2-4H,5,13H2,1H3,(H,14,17). The van der Waals surface area contributed by atoms with Gasteiger partial charge >= 0.3 is 0 Å². The van der Waals surface area contributed by atoms with Gasteiger partial charge in [-0.25, -0.2) is 0 Å². The van der Waals surface area contributed by atoms with Crippen LogP contribution in [0.25, 0.3) is 0 Å². The molecule has 0 bridgehead atoms. The third kappa shape index (κ3) is 3.97. The van der Waals surface area contributed by atoms with Gasteiger partial charge in [-0.1, -0.05) is 11.8 Å². The molecule has 8 heteroatoms. The number of hydrogen-bond donors (Lipinski definition) is 2. The Kier molecular flexibility index (Phi) is 4.43. The van der Waals surface area contributed by atoms with E-state index in [1.54, 1.807) is 25.1 Å². The molecule has 100 valence electrons. The molecule has 2 aromatic rings. The number of carbonyl (C=O) groups excluding carboxylic acids is 1. The second-order valence-electron chi connectivity index (χ2n) is 3.66. The number of hydrogen-bond acceptors (Lipinski definition) is 6. The topological polar surface area (TPSA) is 94.0 Å². The van der Waals surface area contributed by atoms with Crippen LogP contribution in [0, 0.1) is 6.92 Å². The summed E-state index contributed by atoms with van der Waals surface area (Å²) < 4.78 is 5.89. The first kappa shape index (κ1) is 13.9. The minimum absolute atomic E-state index is 0.161. The summed E-state index contributed by atoms with van der Waals surface area (Å²) in [6.45, 7) is 1.70. The molecular formula is C11H11BrN4O2S. The molecule has 3 N–H and O–H groups in total. The molecule has 0 aliphatic heterocycles.